The van der Waals surface area contributed by atoms with Crippen LogP contribution in [0.15, 0.2) is 72.8 Å². The quantitative estimate of drug-likeness (QED) is 0.489. The van der Waals surface area contributed by atoms with Crippen LogP contribution in [0.4, 0.5) is 0 Å². The summed E-state index contributed by atoms with van der Waals surface area (Å²) in [6, 6.07) is 25.8. The van der Waals surface area contributed by atoms with E-state index in [2.05, 4.69) is 100 Å². The van der Waals surface area contributed by atoms with Crippen molar-refractivity contribution in [2.75, 3.05) is 0 Å². The molecule has 3 rings (SSSR count). The molecule has 0 heterocycles. The highest BCUT2D eigenvalue weighted by atomic mass is 14.1. The lowest BCUT2D eigenvalue weighted by Crippen LogP contribution is -1.94. The molecule has 126 valence electrons. The van der Waals surface area contributed by atoms with Crippen molar-refractivity contribution in [3.8, 4) is 0 Å². The van der Waals surface area contributed by atoms with E-state index in [1.54, 1.807) is 0 Å². The van der Waals surface area contributed by atoms with Crippen molar-refractivity contribution < 1.29 is 0 Å². The molecule has 0 nitrogen and oxygen atoms in total. The zero-order chi connectivity index (χ0) is 17.4. The summed E-state index contributed by atoms with van der Waals surface area (Å²) < 4.78 is 0. The number of hydrogen-bond donors (Lipinski definition) is 0. The van der Waals surface area contributed by atoms with E-state index in [1.807, 2.05) is 0 Å². The van der Waals surface area contributed by atoms with Gasteiger partial charge >= 0.3 is 0 Å². The molecule has 0 aliphatic rings. The summed E-state index contributed by atoms with van der Waals surface area (Å²) in [6.07, 6.45) is 2.36. The van der Waals surface area contributed by atoms with Gasteiger partial charge in [0.1, 0.15) is 0 Å². The lowest BCUT2D eigenvalue weighted by atomic mass is 9.97. The molecular weight excluding hydrogens is 288 g/mol. The van der Waals surface area contributed by atoms with E-state index in [-0.39, 0.29) is 0 Å². The minimum Gasteiger partial charge on any atom is -0.0625 e. The molecule has 0 aromatic heterocycles. The van der Waals surface area contributed by atoms with Gasteiger partial charge in [-0.3, -0.25) is 0 Å². The van der Waals surface area contributed by atoms with Crippen molar-refractivity contribution in [3.05, 3.63) is 83.9 Å². The molecular formula is C24H30. The van der Waals surface area contributed by atoms with Crippen molar-refractivity contribution in [2.45, 2.75) is 40.5 Å². The highest BCUT2D eigenvalue weighted by molar-refractivity contribution is 5.85. The molecule has 0 unspecified atom stereocenters. The Kier molecular flexibility index (Phi) is 7.06. The summed E-state index contributed by atoms with van der Waals surface area (Å²) in [5, 5.41) is 2.76. The Balaban J connectivity index is 0.000000185. The van der Waals surface area contributed by atoms with E-state index in [0.717, 1.165) is 11.8 Å². The molecule has 24 heavy (non-hydrogen) atoms. The van der Waals surface area contributed by atoms with Gasteiger partial charge in [-0.1, -0.05) is 100 Å². The molecule has 0 radical (unpaired) electrons. The third kappa shape index (κ3) is 5.85. The van der Waals surface area contributed by atoms with Gasteiger partial charge in [-0.25, -0.2) is 0 Å². The van der Waals surface area contributed by atoms with Crippen LogP contribution in [0.3, 0.4) is 0 Å². The van der Waals surface area contributed by atoms with Gasteiger partial charge in [-0.15, -0.1) is 0 Å². The average Bonchev–Trinajstić information content (AvgIpc) is 2.56. The lowest BCUT2D eigenvalue weighted by Gasteiger charge is -2.08. The molecule has 0 bridgehead atoms. The maximum absolute atomic E-state index is 2.27. The molecule has 0 heteroatoms. The van der Waals surface area contributed by atoms with Crippen LogP contribution in [0.5, 0.6) is 0 Å². The van der Waals surface area contributed by atoms with Crippen LogP contribution in [0.2, 0.25) is 0 Å². The Bertz CT molecular complexity index is 718. The Morgan fingerprint density at radius 2 is 1.17 bits per heavy atom. The maximum atomic E-state index is 2.27. The van der Waals surface area contributed by atoms with Crippen LogP contribution >= 0.6 is 0 Å². The van der Waals surface area contributed by atoms with Crippen LogP contribution in [0.1, 0.15) is 38.8 Å². The summed E-state index contributed by atoms with van der Waals surface area (Å²) in [5.74, 6) is 1.49. The molecule has 0 atom stereocenters. The zero-order valence-electron chi connectivity index (χ0n) is 15.5. The van der Waals surface area contributed by atoms with Crippen molar-refractivity contribution in [1.82, 2.24) is 0 Å². The van der Waals surface area contributed by atoms with Crippen molar-refractivity contribution in [1.29, 1.82) is 0 Å². The molecule has 0 amide bonds. The van der Waals surface area contributed by atoms with Gasteiger partial charge in [0.25, 0.3) is 0 Å². The van der Waals surface area contributed by atoms with E-state index in [9.17, 15) is 0 Å². The number of rotatable bonds is 4. The zero-order valence-corrected chi connectivity index (χ0v) is 15.5. The predicted octanol–water partition coefficient (Wildman–Crippen LogP) is 6.92. The van der Waals surface area contributed by atoms with Gasteiger partial charge in [0, 0.05) is 0 Å². The highest BCUT2D eigenvalue weighted by Gasteiger charge is 2.01. The second-order valence-corrected chi connectivity index (χ2v) is 7.32. The molecule has 0 aliphatic carbocycles. The molecule has 0 saturated heterocycles. The standard InChI is InChI=1S/C14H16.C10H14/c1-11(2)10-13-8-5-7-12-6-3-4-9-14(12)13;1-9(2)8-10-6-4-3-5-7-10/h3-9,11H,10H2,1-2H3;3-7,9H,8H2,1-2H3. The van der Waals surface area contributed by atoms with E-state index in [1.165, 1.54) is 34.7 Å². The molecule has 0 N–H and O–H groups in total. The summed E-state index contributed by atoms with van der Waals surface area (Å²) in [7, 11) is 0. The normalized spacial score (nSPS) is 10.8. The third-order valence-corrected chi connectivity index (χ3v) is 3.99. The SMILES string of the molecule is CC(C)Cc1cccc2ccccc12.CC(C)Cc1ccccc1. The minimum absolute atomic E-state index is 0.723. The van der Waals surface area contributed by atoms with Crippen LogP contribution in [0, 0.1) is 11.8 Å². The summed E-state index contributed by atoms with van der Waals surface area (Å²) in [6.45, 7) is 9.02. The van der Waals surface area contributed by atoms with E-state index in [0.29, 0.717) is 0 Å². The maximum Gasteiger partial charge on any atom is -0.0152 e. The fraction of sp³-hybridized carbons (Fsp3) is 0.333. The predicted molar refractivity (Wildman–Crippen MR) is 107 cm³/mol. The van der Waals surface area contributed by atoms with Gasteiger partial charge in [0.15, 0.2) is 0 Å². The average molecular weight is 319 g/mol. The van der Waals surface area contributed by atoms with Gasteiger partial charge in [-0.05, 0) is 46.6 Å². The smallest absolute Gasteiger partial charge is 0.0152 e. The second kappa shape index (κ2) is 9.27. The van der Waals surface area contributed by atoms with Crippen LogP contribution in [-0.4, -0.2) is 0 Å². The number of fused-ring (bicyclic) bond motifs is 1. The van der Waals surface area contributed by atoms with E-state index >= 15 is 0 Å². The molecule has 3 aromatic carbocycles. The largest absolute Gasteiger partial charge is 0.0625 e. The molecule has 0 fully saturated rings. The topological polar surface area (TPSA) is 0 Å². The monoisotopic (exact) mass is 318 g/mol. The molecule has 0 saturated carbocycles. The van der Waals surface area contributed by atoms with Gasteiger partial charge in [0.2, 0.25) is 0 Å². The summed E-state index contributed by atoms with van der Waals surface area (Å²) in [5.41, 5.74) is 2.91. The second-order valence-electron chi connectivity index (χ2n) is 7.32. The lowest BCUT2D eigenvalue weighted by molar-refractivity contribution is 0.647. The van der Waals surface area contributed by atoms with E-state index in [4.69, 9.17) is 0 Å². The first-order valence-corrected chi connectivity index (χ1v) is 9.07. The molecule has 3 aromatic rings. The van der Waals surface area contributed by atoms with Crippen molar-refractivity contribution in [2.24, 2.45) is 11.8 Å². The molecule has 0 aliphatic heterocycles. The van der Waals surface area contributed by atoms with Crippen LogP contribution in [0.25, 0.3) is 10.8 Å². The summed E-state index contributed by atoms with van der Waals surface area (Å²) >= 11 is 0. The van der Waals surface area contributed by atoms with Gasteiger partial charge in [-0.2, -0.15) is 0 Å². The fourth-order valence-electron chi connectivity index (χ4n) is 3.00. The van der Waals surface area contributed by atoms with E-state index < -0.39 is 0 Å². The first-order valence-electron chi connectivity index (χ1n) is 9.07. The Morgan fingerprint density at radius 1 is 0.583 bits per heavy atom. The van der Waals surface area contributed by atoms with Gasteiger partial charge < -0.3 is 0 Å². The van der Waals surface area contributed by atoms with Crippen LogP contribution < -0.4 is 0 Å². The minimum atomic E-state index is 0.723. The first kappa shape index (κ1) is 18.3. The third-order valence-electron chi connectivity index (χ3n) is 3.99. The Hall–Kier alpha value is -2.08. The molecule has 0 spiro atoms. The van der Waals surface area contributed by atoms with Crippen LogP contribution in [-0.2, 0) is 12.8 Å². The number of hydrogen-bond acceptors (Lipinski definition) is 0. The van der Waals surface area contributed by atoms with Crippen molar-refractivity contribution in [3.63, 3.8) is 0 Å². The Labute approximate surface area is 147 Å². The fourth-order valence-corrected chi connectivity index (χ4v) is 3.00. The van der Waals surface area contributed by atoms with Gasteiger partial charge in [0.05, 0.1) is 0 Å². The van der Waals surface area contributed by atoms with Crippen molar-refractivity contribution >= 4 is 10.8 Å². The summed E-state index contributed by atoms with van der Waals surface area (Å²) in [4.78, 5) is 0. The first-order chi connectivity index (χ1) is 11.6. The number of benzene rings is 3. The Morgan fingerprint density at radius 3 is 1.83 bits per heavy atom. The highest BCUT2D eigenvalue weighted by Crippen LogP contribution is 2.20.